The normalized spacial score (nSPS) is 19.9. The van der Waals surface area contributed by atoms with Crippen molar-refractivity contribution in [1.82, 2.24) is 10.2 Å². The fraction of sp³-hybridized carbons (Fsp3) is 0.357. The number of hydrogen-bond donors (Lipinski definition) is 1. The van der Waals surface area contributed by atoms with Crippen molar-refractivity contribution in [1.29, 1.82) is 0 Å². The third-order valence-electron chi connectivity index (χ3n) is 3.36. The highest BCUT2D eigenvalue weighted by molar-refractivity contribution is 9.10. The summed E-state index contributed by atoms with van der Waals surface area (Å²) >= 11 is 3.44. The van der Waals surface area contributed by atoms with Gasteiger partial charge in [0.15, 0.2) is 5.76 Å². The van der Waals surface area contributed by atoms with Crippen molar-refractivity contribution < 1.29 is 9.21 Å². The van der Waals surface area contributed by atoms with E-state index in [4.69, 9.17) is 4.42 Å². The van der Waals surface area contributed by atoms with Crippen molar-refractivity contribution >= 4 is 32.8 Å². The van der Waals surface area contributed by atoms with E-state index in [2.05, 4.69) is 28.2 Å². The number of amides is 1. The van der Waals surface area contributed by atoms with Gasteiger partial charge in [0, 0.05) is 31.1 Å². The van der Waals surface area contributed by atoms with Crippen LogP contribution in [0.2, 0.25) is 0 Å². The molecule has 2 heterocycles. The highest BCUT2D eigenvalue weighted by atomic mass is 79.9. The van der Waals surface area contributed by atoms with Gasteiger partial charge in [0.05, 0.1) is 4.47 Å². The molecular weight excluding hydrogens is 308 g/mol. The Balaban J connectivity index is 1.91. The van der Waals surface area contributed by atoms with Gasteiger partial charge in [-0.1, -0.05) is 12.1 Å². The van der Waals surface area contributed by atoms with Gasteiger partial charge < -0.3 is 14.6 Å². The van der Waals surface area contributed by atoms with Crippen LogP contribution in [0.3, 0.4) is 0 Å². The molecule has 0 bridgehead atoms. The van der Waals surface area contributed by atoms with Gasteiger partial charge in [-0.3, -0.25) is 4.79 Å². The van der Waals surface area contributed by atoms with Gasteiger partial charge in [0.25, 0.3) is 5.91 Å². The van der Waals surface area contributed by atoms with Crippen LogP contribution >= 0.6 is 15.9 Å². The number of hydrogen-bond acceptors (Lipinski definition) is 3. The number of rotatable bonds is 1. The predicted molar refractivity (Wildman–Crippen MR) is 77.3 cm³/mol. The predicted octanol–water partition coefficient (Wildman–Crippen LogP) is 2.63. The molecule has 1 aliphatic heterocycles. The average Bonchev–Trinajstić information content (AvgIpc) is 2.83. The van der Waals surface area contributed by atoms with Crippen LogP contribution in [0.25, 0.3) is 11.0 Å². The second-order valence-corrected chi connectivity index (χ2v) is 5.73. The summed E-state index contributed by atoms with van der Waals surface area (Å²) in [5.74, 6) is 0.382. The van der Waals surface area contributed by atoms with Gasteiger partial charge in [-0.15, -0.1) is 0 Å². The SMILES string of the molecule is C[C@H]1CN(C(=O)c2cc3cccc(Br)c3o2)CCN1. The fourth-order valence-electron chi connectivity index (χ4n) is 2.41. The van der Waals surface area contributed by atoms with E-state index in [1.165, 1.54) is 0 Å². The summed E-state index contributed by atoms with van der Waals surface area (Å²) in [5.41, 5.74) is 0.731. The summed E-state index contributed by atoms with van der Waals surface area (Å²) in [7, 11) is 0. The molecule has 1 atom stereocenters. The van der Waals surface area contributed by atoms with E-state index in [0.717, 1.165) is 35.1 Å². The Morgan fingerprint density at radius 2 is 2.37 bits per heavy atom. The summed E-state index contributed by atoms with van der Waals surface area (Å²) in [6, 6.07) is 7.93. The minimum Gasteiger partial charge on any atom is -0.450 e. The average molecular weight is 323 g/mol. The maximum atomic E-state index is 12.4. The lowest BCUT2D eigenvalue weighted by Crippen LogP contribution is -2.51. The van der Waals surface area contributed by atoms with Crippen LogP contribution in [-0.4, -0.2) is 36.5 Å². The first-order chi connectivity index (χ1) is 9.15. The van der Waals surface area contributed by atoms with Crippen molar-refractivity contribution in [3.63, 3.8) is 0 Å². The van der Waals surface area contributed by atoms with Crippen molar-refractivity contribution in [2.24, 2.45) is 0 Å². The molecule has 5 heteroatoms. The molecule has 0 radical (unpaired) electrons. The zero-order valence-electron chi connectivity index (χ0n) is 10.6. The van der Waals surface area contributed by atoms with Crippen LogP contribution in [0.1, 0.15) is 17.5 Å². The second kappa shape index (κ2) is 4.98. The molecule has 4 nitrogen and oxygen atoms in total. The molecule has 2 aromatic rings. The van der Waals surface area contributed by atoms with Crippen molar-refractivity contribution in [2.45, 2.75) is 13.0 Å². The summed E-state index contributed by atoms with van der Waals surface area (Å²) in [5, 5.41) is 4.27. The zero-order chi connectivity index (χ0) is 13.4. The minimum atomic E-state index is -0.0311. The molecule has 1 fully saturated rings. The Kier molecular flexibility index (Phi) is 3.33. The molecule has 1 aliphatic rings. The Morgan fingerprint density at radius 1 is 1.53 bits per heavy atom. The number of furan rings is 1. The summed E-state index contributed by atoms with van der Waals surface area (Å²) in [6.07, 6.45) is 0. The first-order valence-corrected chi connectivity index (χ1v) is 7.15. The van der Waals surface area contributed by atoms with Gasteiger partial charge in [-0.2, -0.15) is 0 Å². The number of piperazine rings is 1. The fourth-order valence-corrected chi connectivity index (χ4v) is 2.87. The highest BCUT2D eigenvalue weighted by Crippen LogP contribution is 2.27. The van der Waals surface area contributed by atoms with Crippen LogP contribution in [0.4, 0.5) is 0 Å². The van der Waals surface area contributed by atoms with Crippen LogP contribution in [0.15, 0.2) is 33.2 Å². The van der Waals surface area contributed by atoms with Crippen LogP contribution < -0.4 is 5.32 Å². The Labute approximate surface area is 119 Å². The molecule has 0 aliphatic carbocycles. The van der Waals surface area contributed by atoms with Crippen LogP contribution in [0.5, 0.6) is 0 Å². The quantitative estimate of drug-likeness (QED) is 0.877. The summed E-state index contributed by atoms with van der Waals surface area (Å²) in [6.45, 7) is 4.35. The monoisotopic (exact) mass is 322 g/mol. The van der Waals surface area contributed by atoms with Gasteiger partial charge in [-0.05, 0) is 35.0 Å². The summed E-state index contributed by atoms with van der Waals surface area (Å²) in [4.78, 5) is 14.3. The van der Waals surface area contributed by atoms with Crippen molar-refractivity contribution in [2.75, 3.05) is 19.6 Å². The van der Waals surface area contributed by atoms with Gasteiger partial charge in [0.1, 0.15) is 5.58 Å². The smallest absolute Gasteiger partial charge is 0.289 e. The molecule has 100 valence electrons. The van der Waals surface area contributed by atoms with E-state index >= 15 is 0 Å². The lowest BCUT2D eigenvalue weighted by molar-refractivity contribution is 0.0679. The Hall–Kier alpha value is -1.33. The third-order valence-corrected chi connectivity index (χ3v) is 3.99. The summed E-state index contributed by atoms with van der Waals surface area (Å²) < 4.78 is 6.56. The Bertz CT molecular complexity index is 623. The number of nitrogens with one attached hydrogen (secondary N) is 1. The van der Waals surface area contributed by atoms with Gasteiger partial charge in [0.2, 0.25) is 0 Å². The number of halogens is 1. The van der Waals surface area contributed by atoms with Crippen LogP contribution in [0, 0.1) is 0 Å². The topological polar surface area (TPSA) is 45.5 Å². The molecule has 19 heavy (non-hydrogen) atoms. The first kappa shape index (κ1) is 12.7. The molecule has 0 unspecified atom stereocenters. The standard InChI is InChI=1S/C14H15BrN2O2/c1-9-8-17(6-5-16-9)14(18)12-7-10-3-2-4-11(15)13(10)19-12/h2-4,7,9,16H,5-6,8H2,1H3/t9-/m0/s1. The molecule has 1 N–H and O–H groups in total. The maximum absolute atomic E-state index is 12.4. The number of carbonyl (C=O) groups excluding carboxylic acids is 1. The molecule has 1 aromatic heterocycles. The van der Waals surface area contributed by atoms with E-state index in [1.54, 1.807) is 0 Å². The first-order valence-electron chi connectivity index (χ1n) is 6.36. The molecule has 1 amide bonds. The maximum Gasteiger partial charge on any atom is 0.289 e. The molecular formula is C14H15BrN2O2. The molecule has 0 saturated carbocycles. The van der Waals surface area contributed by atoms with Gasteiger partial charge >= 0.3 is 0 Å². The van der Waals surface area contributed by atoms with Crippen molar-refractivity contribution in [3.8, 4) is 0 Å². The number of carbonyl (C=O) groups is 1. The lowest BCUT2D eigenvalue weighted by atomic mass is 10.2. The van der Waals surface area contributed by atoms with E-state index in [0.29, 0.717) is 11.8 Å². The van der Waals surface area contributed by atoms with Crippen LogP contribution in [-0.2, 0) is 0 Å². The zero-order valence-corrected chi connectivity index (χ0v) is 12.2. The van der Waals surface area contributed by atoms with E-state index < -0.39 is 0 Å². The molecule has 3 rings (SSSR count). The number of nitrogens with zero attached hydrogens (tertiary/aromatic N) is 1. The lowest BCUT2D eigenvalue weighted by Gasteiger charge is -2.31. The highest BCUT2D eigenvalue weighted by Gasteiger charge is 2.24. The third kappa shape index (κ3) is 2.40. The largest absolute Gasteiger partial charge is 0.450 e. The Morgan fingerprint density at radius 3 is 3.11 bits per heavy atom. The minimum absolute atomic E-state index is 0.0311. The molecule has 1 saturated heterocycles. The van der Waals surface area contributed by atoms with E-state index in [1.807, 2.05) is 29.2 Å². The number of benzene rings is 1. The van der Waals surface area contributed by atoms with Gasteiger partial charge in [-0.25, -0.2) is 0 Å². The van der Waals surface area contributed by atoms with E-state index in [-0.39, 0.29) is 5.91 Å². The van der Waals surface area contributed by atoms with Crippen molar-refractivity contribution in [3.05, 3.63) is 34.5 Å². The number of para-hydroxylation sites is 1. The second-order valence-electron chi connectivity index (χ2n) is 4.88. The molecule has 1 aromatic carbocycles. The number of fused-ring (bicyclic) bond motifs is 1. The van der Waals surface area contributed by atoms with E-state index in [9.17, 15) is 4.79 Å². The molecule has 0 spiro atoms.